The van der Waals surface area contributed by atoms with E-state index in [0.717, 1.165) is 5.56 Å². The summed E-state index contributed by atoms with van der Waals surface area (Å²) in [6.45, 7) is 2.64. The highest BCUT2D eigenvalue weighted by molar-refractivity contribution is 5.49. The number of ether oxygens (including phenoxy) is 2. The zero-order valence-electron chi connectivity index (χ0n) is 7.57. The van der Waals surface area contributed by atoms with Gasteiger partial charge in [-0.25, -0.2) is 0 Å². The third-order valence-electron chi connectivity index (χ3n) is 1.86. The van der Waals surface area contributed by atoms with E-state index in [1.807, 2.05) is 43.3 Å². The van der Waals surface area contributed by atoms with Crippen LogP contribution < -0.4 is 0 Å². The minimum atomic E-state index is 0.176. The fourth-order valence-electron chi connectivity index (χ4n) is 1.23. The zero-order chi connectivity index (χ0) is 9.10. The molecular weight excluding hydrogens is 164 g/mol. The molecule has 0 bridgehead atoms. The molecule has 0 aliphatic carbocycles. The first kappa shape index (κ1) is 8.17. The normalized spacial score (nSPS) is 24.1. The van der Waals surface area contributed by atoms with Crippen LogP contribution in [0.25, 0.3) is 6.08 Å². The number of hydrogen-bond acceptors (Lipinski definition) is 2. The smallest absolute Gasteiger partial charge is 0.280 e. The van der Waals surface area contributed by atoms with Gasteiger partial charge in [-0.15, -0.1) is 0 Å². The lowest BCUT2D eigenvalue weighted by molar-refractivity contribution is 0.155. The van der Waals surface area contributed by atoms with Crippen LogP contribution in [0.2, 0.25) is 0 Å². The summed E-state index contributed by atoms with van der Waals surface area (Å²) in [7, 11) is 0. The molecule has 2 nitrogen and oxygen atoms in total. The molecule has 1 aromatic rings. The molecule has 13 heavy (non-hydrogen) atoms. The van der Waals surface area contributed by atoms with Crippen molar-refractivity contribution in [2.45, 2.75) is 13.0 Å². The number of rotatable bonds is 1. The zero-order valence-corrected chi connectivity index (χ0v) is 7.57. The summed E-state index contributed by atoms with van der Waals surface area (Å²) < 4.78 is 10.7. The summed E-state index contributed by atoms with van der Waals surface area (Å²) in [5, 5.41) is 0. The van der Waals surface area contributed by atoms with E-state index in [1.165, 1.54) is 0 Å². The van der Waals surface area contributed by atoms with E-state index in [2.05, 4.69) is 0 Å². The minimum absolute atomic E-state index is 0.176. The molecule has 0 aromatic heterocycles. The summed E-state index contributed by atoms with van der Waals surface area (Å²) in [6, 6.07) is 10.0. The van der Waals surface area contributed by atoms with Crippen LogP contribution in [0, 0.1) is 0 Å². The Labute approximate surface area is 77.8 Å². The van der Waals surface area contributed by atoms with Crippen molar-refractivity contribution in [3.05, 3.63) is 41.8 Å². The van der Waals surface area contributed by atoms with Crippen LogP contribution in [0.1, 0.15) is 12.5 Å². The summed E-state index contributed by atoms with van der Waals surface area (Å²) in [5.74, 6) is 0.624. The van der Waals surface area contributed by atoms with Crippen LogP contribution in [-0.4, -0.2) is 12.7 Å². The topological polar surface area (TPSA) is 18.5 Å². The molecule has 1 unspecified atom stereocenters. The highest BCUT2D eigenvalue weighted by atomic mass is 16.7. The molecule has 68 valence electrons. The average Bonchev–Trinajstić information content (AvgIpc) is 2.53. The van der Waals surface area contributed by atoms with E-state index in [9.17, 15) is 0 Å². The Morgan fingerprint density at radius 2 is 2.08 bits per heavy atom. The highest BCUT2D eigenvalue weighted by Gasteiger charge is 2.16. The Morgan fingerprint density at radius 1 is 1.31 bits per heavy atom. The van der Waals surface area contributed by atoms with E-state index in [1.54, 1.807) is 0 Å². The van der Waals surface area contributed by atoms with Crippen LogP contribution in [0.4, 0.5) is 0 Å². The van der Waals surface area contributed by atoms with Gasteiger partial charge in [0.05, 0.1) is 0 Å². The van der Waals surface area contributed by atoms with Gasteiger partial charge in [0.2, 0.25) is 0 Å². The maximum Gasteiger partial charge on any atom is 0.280 e. The van der Waals surface area contributed by atoms with Gasteiger partial charge in [-0.05, 0) is 12.5 Å². The van der Waals surface area contributed by atoms with Gasteiger partial charge in [-0.1, -0.05) is 30.3 Å². The highest BCUT2D eigenvalue weighted by Crippen LogP contribution is 2.17. The maximum absolute atomic E-state index is 5.40. The van der Waals surface area contributed by atoms with Gasteiger partial charge in [0.15, 0.2) is 0 Å². The summed E-state index contributed by atoms with van der Waals surface area (Å²) in [5.41, 5.74) is 1.10. The molecule has 0 saturated carbocycles. The van der Waals surface area contributed by atoms with E-state index >= 15 is 0 Å². The molecule has 1 aliphatic heterocycles. The Balaban J connectivity index is 2.13. The first-order valence-electron chi connectivity index (χ1n) is 4.41. The lowest BCUT2D eigenvalue weighted by Crippen LogP contribution is -2.00. The average molecular weight is 176 g/mol. The quantitative estimate of drug-likeness (QED) is 0.654. The van der Waals surface area contributed by atoms with Gasteiger partial charge in [0.25, 0.3) is 5.95 Å². The molecule has 0 N–H and O–H groups in total. The van der Waals surface area contributed by atoms with Crippen molar-refractivity contribution in [2.75, 3.05) is 6.61 Å². The summed E-state index contributed by atoms with van der Waals surface area (Å²) in [6.07, 6.45) is 2.08. The van der Waals surface area contributed by atoms with E-state index < -0.39 is 0 Å². The standard InChI is InChI=1S/C11H12O2/c1-9-8-12-11(13-9)7-10-5-3-2-4-6-10/h2-7,9H,8H2,1H3. The van der Waals surface area contributed by atoms with Gasteiger partial charge >= 0.3 is 0 Å². The summed E-state index contributed by atoms with van der Waals surface area (Å²) >= 11 is 0. The monoisotopic (exact) mass is 176 g/mol. The Hall–Kier alpha value is -1.44. The third kappa shape index (κ3) is 2.02. The van der Waals surface area contributed by atoms with Crippen molar-refractivity contribution in [1.82, 2.24) is 0 Å². The minimum Gasteiger partial charge on any atom is -0.461 e. The van der Waals surface area contributed by atoms with Crippen molar-refractivity contribution < 1.29 is 9.47 Å². The second-order valence-electron chi connectivity index (χ2n) is 3.11. The van der Waals surface area contributed by atoms with Crippen LogP contribution in [0.3, 0.4) is 0 Å². The molecule has 1 saturated heterocycles. The van der Waals surface area contributed by atoms with Crippen LogP contribution in [0.5, 0.6) is 0 Å². The fourth-order valence-corrected chi connectivity index (χ4v) is 1.23. The van der Waals surface area contributed by atoms with Crippen LogP contribution >= 0.6 is 0 Å². The van der Waals surface area contributed by atoms with E-state index in [4.69, 9.17) is 9.47 Å². The van der Waals surface area contributed by atoms with Gasteiger partial charge in [0, 0.05) is 6.08 Å². The second-order valence-corrected chi connectivity index (χ2v) is 3.11. The molecule has 2 heteroatoms. The molecule has 0 spiro atoms. The summed E-state index contributed by atoms with van der Waals surface area (Å²) in [4.78, 5) is 0. The third-order valence-corrected chi connectivity index (χ3v) is 1.86. The Bertz CT molecular complexity index is 303. The second kappa shape index (κ2) is 3.52. The van der Waals surface area contributed by atoms with Crippen molar-refractivity contribution in [1.29, 1.82) is 0 Å². The first-order chi connectivity index (χ1) is 6.34. The van der Waals surface area contributed by atoms with Crippen molar-refractivity contribution in [2.24, 2.45) is 0 Å². The van der Waals surface area contributed by atoms with Gasteiger partial charge < -0.3 is 9.47 Å². The van der Waals surface area contributed by atoms with Gasteiger partial charge in [-0.2, -0.15) is 0 Å². The lowest BCUT2D eigenvalue weighted by Gasteiger charge is -1.98. The SMILES string of the molecule is CC1COC(=Cc2ccccc2)O1. The van der Waals surface area contributed by atoms with Gasteiger partial charge in [-0.3, -0.25) is 0 Å². The Kier molecular flexibility index (Phi) is 2.21. The number of hydrogen-bond donors (Lipinski definition) is 0. The molecule has 1 aliphatic rings. The Morgan fingerprint density at radius 3 is 2.69 bits per heavy atom. The molecule has 0 amide bonds. The number of benzene rings is 1. The molecule has 1 fully saturated rings. The molecule has 0 radical (unpaired) electrons. The van der Waals surface area contributed by atoms with E-state index in [0.29, 0.717) is 12.6 Å². The van der Waals surface area contributed by atoms with Crippen molar-refractivity contribution in [3.63, 3.8) is 0 Å². The van der Waals surface area contributed by atoms with Crippen LogP contribution in [-0.2, 0) is 9.47 Å². The van der Waals surface area contributed by atoms with Crippen molar-refractivity contribution in [3.8, 4) is 0 Å². The van der Waals surface area contributed by atoms with Crippen LogP contribution in [0.15, 0.2) is 36.3 Å². The molecule has 2 rings (SSSR count). The van der Waals surface area contributed by atoms with E-state index in [-0.39, 0.29) is 6.10 Å². The van der Waals surface area contributed by atoms with Crippen molar-refractivity contribution >= 4 is 6.08 Å². The molecule has 1 heterocycles. The molecular formula is C11H12O2. The largest absolute Gasteiger partial charge is 0.461 e. The maximum atomic E-state index is 5.40. The predicted octanol–water partition coefficient (Wildman–Crippen LogP) is 2.42. The molecule has 1 aromatic carbocycles. The lowest BCUT2D eigenvalue weighted by atomic mass is 10.2. The predicted molar refractivity (Wildman–Crippen MR) is 50.9 cm³/mol. The van der Waals surface area contributed by atoms with Gasteiger partial charge in [0.1, 0.15) is 12.7 Å². The first-order valence-corrected chi connectivity index (χ1v) is 4.41. The fraction of sp³-hybridized carbons (Fsp3) is 0.273. The molecule has 1 atom stereocenters.